The van der Waals surface area contributed by atoms with Crippen molar-refractivity contribution >= 4 is 29.4 Å². The molecule has 0 aliphatic rings. The van der Waals surface area contributed by atoms with Crippen molar-refractivity contribution in [3.8, 4) is 0 Å². The molecule has 1 atom stereocenters. The number of nitrogens with zero attached hydrogens (tertiary/aromatic N) is 2. The Morgan fingerprint density at radius 3 is 2.69 bits per heavy atom. The maximum Gasteiger partial charge on any atom is 0.326 e. The van der Waals surface area contributed by atoms with Gasteiger partial charge in [-0.1, -0.05) is 12.1 Å². The molecule has 0 fully saturated rings. The lowest BCUT2D eigenvalue weighted by atomic mass is 10.3. The molecule has 1 aromatic heterocycles. The Morgan fingerprint density at radius 2 is 2.06 bits per heavy atom. The molecule has 0 aliphatic carbocycles. The third kappa shape index (κ3) is 1.88. The van der Waals surface area contributed by atoms with Crippen LogP contribution in [-0.2, 0) is 4.79 Å². The van der Waals surface area contributed by atoms with Gasteiger partial charge in [-0.15, -0.1) is 12.4 Å². The Bertz CT molecular complexity index is 522. The van der Waals surface area contributed by atoms with E-state index >= 15 is 0 Å². The standard InChI is InChI=1S/C11H12N2O2.ClH/c1-7(11(14)15)13-8(2)12-9-5-3-4-6-10(9)13;/h3-7H,1-2H3,(H,14,15);1H. The van der Waals surface area contributed by atoms with E-state index in [0.717, 1.165) is 16.9 Å². The second kappa shape index (κ2) is 4.53. The van der Waals surface area contributed by atoms with Crippen molar-refractivity contribution in [2.24, 2.45) is 0 Å². The Kier molecular flexibility index (Phi) is 3.55. The van der Waals surface area contributed by atoms with Crippen molar-refractivity contribution in [2.45, 2.75) is 19.9 Å². The molecule has 1 heterocycles. The van der Waals surface area contributed by atoms with Crippen molar-refractivity contribution in [2.75, 3.05) is 0 Å². The van der Waals surface area contributed by atoms with Crippen LogP contribution >= 0.6 is 12.4 Å². The summed E-state index contributed by atoms with van der Waals surface area (Å²) in [6.07, 6.45) is 0. The van der Waals surface area contributed by atoms with Crippen LogP contribution in [0, 0.1) is 6.92 Å². The summed E-state index contributed by atoms with van der Waals surface area (Å²) in [5.74, 6) is -0.118. The van der Waals surface area contributed by atoms with Crippen molar-refractivity contribution < 1.29 is 9.90 Å². The summed E-state index contributed by atoms with van der Waals surface area (Å²) in [6.45, 7) is 3.48. The molecular weight excluding hydrogens is 228 g/mol. The molecule has 2 aromatic rings. The number of aryl methyl sites for hydroxylation is 1. The molecule has 5 heteroatoms. The van der Waals surface area contributed by atoms with E-state index in [-0.39, 0.29) is 12.4 Å². The smallest absolute Gasteiger partial charge is 0.326 e. The summed E-state index contributed by atoms with van der Waals surface area (Å²) in [5.41, 5.74) is 1.70. The highest BCUT2D eigenvalue weighted by molar-refractivity contribution is 5.85. The minimum absolute atomic E-state index is 0. The number of rotatable bonds is 2. The van der Waals surface area contributed by atoms with Crippen LogP contribution in [-0.4, -0.2) is 20.6 Å². The number of benzene rings is 1. The number of hydrogen-bond acceptors (Lipinski definition) is 2. The quantitative estimate of drug-likeness (QED) is 0.877. The largest absolute Gasteiger partial charge is 0.480 e. The third-order valence-corrected chi connectivity index (χ3v) is 2.52. The predicted octanol–water partition coefficient (Wildman–Crippen LogP) is 2.41. The third-order valence-electron chi connectivity index (χ3n) is 2.52. The highest BCUT2D eigenvalue weighted by atomic mass is 35.5. The Labute approximate surface area is 99.3 Å². The first kappa shape index (κ1) is 12.5. The Balaban J connectivity index is 0.00000128. The van der Waals surface area contributed by atoms with Crippen molar-refractivity contribution in [3.63, 3.8) is 0 Å². The van der Waals surface area contributed by atoms with Crippen molar-refractivity contribution in [1.82, 2.24) is 9.55 Å². The van der Waals surface area contributed by atoms with Crippen molar-refractivity contribution in [3.05, 3.63) is 30.1 Å². The van der Waals surface area contributed by atoms with Crippen LogP contribution in [0.4, 0.5) is 0 Å². The molecule has 2 rings (SSSR count). The number of hydrogen-bond donors (Lipinski definition) is 1. The van der Waals surface area contributed by atoms with Gasteiger partial charge >= 0.3 is 5.97 Å². The van der Waals surface area contributed by atoms with Gasteiger partial charge in [-0.2, -0.15) is 0 Å². The van der Waals surface area contributed by atoms with Crippen LogP contribution in [0.25, 0.3) is 11.0 Å². The molecule has 0 saturated carbocycles. The molecule has 0 saturated heterocycles. The lowest BCUT2D eigenvalue weighted by molar-refractivity contribution is -0.140. The van der Waals surface area contributed by atoms with Gasteiger partial charge in [0.2, 0.25) is 0 Å². The Hall–Kier alpha value is -1.55. The normalized spacial score (nSPS) is 12.1. The fraction of sp³-hybridized carbons (Fsp3) is 0.273. The average Bonchev–Trinajstić information content (AvgIpc) is 2.52. The molecule has 0 radical (unpaired) electrons. The second-order valence-electron chi connectivity index (χ2n) is 3.53. The minimum Gasteiger partial charge on any atom is -0.480 e. The number of aliphatic carboxylic acids is 1. The van der Waals surface area contributed by atoms with E-state index < -0.39 is 12.0 Å². The van der Waals surface area contributed by atoms with Gasteiger partial charge in [0, 0.05) is 0 Å². The maximum absolute atomic E-state index is 10.9. The molecule has 1 N–H and O–H groups in total. The van der Waals surface area contributed by atoms with Gasteiger partial charge in [-0.25, -0.2) is 9.78 Å². The van der Waals surface area contributed by atoms with E-state index in [4.69, 9.17) is 5.11 Å². The van der Waals surface area contributed by atoms with Gasteiger partial charge in [0.05, 0.1) is 11.0 Å². The molecule has 16 heavy (non-hydrogen) atoms. The first-order valence-electron chi connectivity index (χ1n) is 4.77. The zero-order valence-electron chi connectivity index (χ0n) is 9.04. The number of carboxylic acids is 1. The number of halogens is 1. The van der Waals surface area contributed by atoms with Gasteiger partial charge in [0.15, 0.2) is 0 Å². The molecule has 0 aliphatic heterocycles. The number of fused-ring (bicyclic) bond motifs is 1. The van der Waals surface area contributed by atoms with Gasteiger partial charge in [-0.3, -0.25) is 0 Å². The number of carbonyl (C=O) groups is 1. The van der Waals surface area contributed by atoms with Crippen LogP contribution in [0.5, 0.6) is 0 Å². The Morgan fingerprint density at radius 1 is 1.44 bits per heavy atom. The molecular formula is C11H13ClN2O2. The van der Waals surface area contributed by atoms with Crippen LogP contribution in [0.2, 0.25) is 0 Å². The second-order valence-corrected chi connectivity index (χ2v) is 3.53. The zero-order valence-corrected chi connectivity index (χ0v) is 9.86. The first-order valence-corrected chi connectivity index (χ1v) is 4.77. The zero-order chi connectivity index (χ0) is 11.0. The summed E-state index contributed by atoms with van der Waals surface area (Å²) in [6, 6.07) is 6.96. The number of para-hydroxylation sites is 2. The molecule has 0 amide bonds. The number of imidazole rings is 1. The van der Waals surface area contributed by atoms with E-state index in [0.29, 0.717) is 0 Å². The average molecular weight is 241 g/mol. The van der Waals surface area contributed by atoms with Crippen LogP contribution in [0.15, 0.2) is 24.3 Å². The van der Waals surface area contributed by atoms with Crippen LogP contribution in [0.1, 0.15) is 18.8 Å². The molecule has 1 unspecified atom stereocenters. The van der Waals surface area contributed by atoms with Gasteiger partial charge < -0.3 is 9.67 Å². The lowest BCUT2D eigenvalue weighted by Gasteiger charge is -2.11. The summed E-state index contributed by atoms with van der Waals surface area (Å²) in [5, 5.41) is 8.99. The predicted molar refractivity (Wildman–Crippen MR) is 64.1 cm³/mol. The fourth-order valence-corrected chi connectivity index (χ4v) is 1.76. The monoisotopic (exact) mass is 240 g/mol. The van der Waals surface area contributed by atoms with Gasteiger partial charge in [0.25, 0.3) is 0 Å². The first-order chi connectivity index (χ1) is 7.11. The topological polar surface area (TPSA) is 55.1 Å². The van der Waals surface area contributed by atoms with E-state index in [1.807, 2.05) is 31.2 Å². The van der Waals surface area contributed by atoms with Crippen molar-refractivity contribution in [1.29, 1.82) is 0 Å². The van der Waals surface area contributed by atoms with Crippen LogP contribution < -0.4 is 0 Å². The van der Waals surface area contributed by atoms with Crippen LogP contribution in [0.3, 0.4) is 0 Å². The van der Waals surface area contributed by atoms with Gasteiger partial charge in [-0.05, 0) is 26.0 Å². The summed E-state index contributed by atoms with van der Waals surface area (Å²) < 4.78 is 1.73. The summed E-state index contributed by atoms with van der Waals surface area (Å²) in [7, 11) is 0. The van der Waals surface area contributed by atoms with E-state index in [1.165, 1.54) is 0 Å². The van der Waals surface area contributed by atoms with Gasteiger partial charge in [0.1, 0.15) is 11.9 Å². The van der Waals surface area contributed by atoms with E-state index in [9.17, 15) is 4.79 Å². The number of carboxylic acid groups (broad SMARTS) is 1. The number of aromatic nitrogens is 2. The fourth-order valence-electron chi connectivity index (χ4n) is 1.76. The molecule has 4 nitrogen and oxygen atoms in total. The SMILES string of the molecule is Cc1nc2ccccc2n1C(C)C(=O)O.Cl. The minimum atomic E-state index is -0.846. The molecule has 0 spiro atoms. The highest BCUT2D eigenvalue weighted by Gasteiger charge is 2.18. The van der Waals surface area contributed by atoms with E-state index in [2.05, 4.69) is 4.98 Å². The maximum atomic E-state index is 10.9. The molecule has 86 valence electrons. The van der Waals surface area contributed by atoms with E-state index in [1.54, 1.807) is 11.5 Å². The highest BCUT2D eigenvalue weighted by Crippen LogP contribution is 2.20. The lowest BCUT2D eigenvalue weighted by Crippen LogP contribution is -2.16. The molecule has 1 aromatic carbocycles. The summed E-state index contributed by atoms with van der Waals surface area (Å²) >= 11 is 0. The molecule has 0 bridgehead atoms. The summed E-state index contributed by atoms with van der Waals surface area (Å²) in [4.78, 5) is 15.3.